The molecule has 9 nitrogen and oxygen atoms in total. The number of hydrogen-bond acceptors (Lipinski definition) is 7. The highest BCUT2D eigenvalue weighted by molar-refractivity contribution is 7.07. The molecule has 4 heterocycles. The second kappa shape index (κ2) is 10.7. The van der Waals surface area contributed by atoms with Crippen molar-refractivity contribution in [1.82, 2.24) is 24.4 Å². The molecule has 0 aliphatic carbocycles. The molecule has 1 aliphatic heterocycles. The van der Waals surface area contributed by atoms with Crippen LogP contribution in [0.1, 0.15) is 39.3 Å². The molecule has 2 amide bonds. The lowest BCUT2D eigenvalue weighted by atomic mass is 9.97. The van der Waals surface area contributed by atoms with Gasteiger partial charge in [0.25, 0.3) is 0 Å². The first-order chi connectivity index (χ1) is 18.2. The predicted octanol–water partition coefficient (Wildman–Crippen LogP) is 5.84. The zero-order valence-electron chi connectivity index (χ0n) is 21.5. The lowest BCUT2D eigenvalue weighted by molar-refractivity contribution is -0.121. The Morgan fingerprint density at radius 1 is 1.21 bits per heavy atom. The largest absolute Gasteiger partial charge is 0.444 e. The maximum atomic E-state index is 13.1. The van der Waals surface area contributed by atoms with Crippen LogP contribution >= 0.6 is 22.9 Å². The van der Waals surface area contributed by atoms with E-state index in [4.69, 9.17) is 16.3 Å². The first-order valence-corrected chi connectivity index (χ1v) is 13.7. The number of likely N-dealkylation sites (tertiary alicyclic amines) is 1. The van der Waals surface area contributed by atoms with E-state index in [0.717, 1.165) is 34.3 Å². The maximum Gasteiger partial charge on any atom is 0.410 e. The number of nitrogens with zero attached hydrogens (tertiary/aromatic N) is 5. The van der Waals surface area contributed by atoms with Gasteiger partial charge < -0.3 is 19.5 Å². The van der Waals surface area contributed by atoms with Gasteiger partial charge >= 0.3 is 6.09 Å². The van der Waals surface area contributed by atoms with Crippen molar-refractivity contribution in [3.05, 3.63) is 58.4 Å². The summed E-state index contributed by atoms with van der Waals surface area (Å²) in [5, 5.41) is 5.41. The number of pyridine rings is 1. The Balaban J connectivity index is 1.33. The summed E-state index contributed by atoms with van der Waals surface area (Å²) in [5.41, 5.74) is 5.66. The molecule has 4 aromatic rings. The summed E-state index contributed by atoms with van der Waals surface area (Å²) in [7, 11) is 0. The standard InChI is InChI=1S/C27H29ClN6O3S/c1-27(2,3)37-26(36)33-8-4-5-18(12-33)25(35)32-24-10-20(21(28)11-29-24)17-6-7-22-23(9-17)34(15-30-22)13-19-14-38-16-31-19/h6-7,9-11,14-16,18H,4-5,8,12-13H2,1-3H3,(H,29,32,35). The number of rotatable bonds is 5. The zero-order chi connectivity index (χ0) is 26.9. The Kier molecular flexibility index (Phi) is 7.36. The van der Waals surface area contributed by atoms with Gasteiger partial charge in [-0.15, -0.1) is 11.3 Å². The van der Waals surface area contributed by atoms with E-state index in [0.29, 0.717) is 36.9 Å². The number of carbonyl (C=O) groups is 2. The van der Waals surface area contributed by atoms with E-state index < -0.39 is 11.7 Å². The number of carbonyl (C=O) groups excluding carboxylic acids is 2. The smallest absolute Gasteiger partial charge is 0.410 e. The summed E-state index contributed by atoms with van der Waals surface area (Å²) in [6.07, 6.45) is 4.36. The molecule has 1 fully saturated rings. The van der Waals surface area contributed by atoms with Crippen LogP contribution in [0.15, 0.2) is 47.7 Å². The minimum Gasteiger partial charge on any atom is -0.444 e. The average molecular weight is 553 g/mol. The second-order valence-corrected chi connectivity index (χ2v) is 11.5. The number of thiazole rings is 1. The SMILES string of the molecule is CC(C)(C)OC(=O)N1CCCC(C(=O)Nc2cc(-c3ccc4ncn(Cc5cscn5)c4c3)c(Cl)cn2)C1. The molecule has 1 saturated heterocycles. The van der Waals surface area contributed by atoms with E-state index in [1.54, 1.807) is 28.6 Å². The highest BCUT2D eigenvalue weighted by Gasteiger charge is 2.31. The molecule has 0 radical (unpaired) electrons. The summed E-state index contributed by atoms with van der Waals surface area (Å²) in [6.45, 7) is 6.99. The van der Waals surface area contributed by atoms with Crippen LogP contribution in [0.2, 0.25) is 5.02 Å². The topological polar surface area (TPSA) is 102 Å². The van der Waals surface area contributed by atoms with Crippen molar-refractivity contribution >= 4 is 51.8 Å². The third kappa shape index (κ3) is 5.97. The molecule has 3 aromatic heterocycles. The number of piperidine rings is 1. The van der Waals surface area contributed by atoms with Crippen LogP contribution in [-0.4, -0.2) is 55.1 Å². The van der Waals surface area contributed by atoms with Gasteiger partial charge in [0.1, 0.15) is 11.4 Å². The number of halogens is 1. The van der Waals surface area contributed by atoms with Gasteiger partial charge in [-0.1, -0.05) is 17.7 Å². The van der Waals surface area contributed by atoms with Crippen molar-refractivity contribution in [2.45, 2.75) is 45.8 Å². The molecular formula is C27H29ClN6O3S. The van der Waals surface area contributed by atoms with Gasteiger partial charge in [-0.3, -0.25) is 4.79 Å². The van der Waals surface area contributed by atoms with Crippen LogP contribution < -0.4 is 5.32 Å². The number of hydrogen-bond donors (Lipinski definition) is 1. The van der Waals surface area contributed by atoms with E-state index in [1.807, 2.05) is 54.4 Å². The fourth-order valence-corrected chi connectivity index (χ4v) is 5.24. The Hall–Kier alpha value is -3.50. The highest BCUT2D eigenvalue weighted by Crippen LogP contribution is 2.32. The first kappa shape index (κ1) is 26.1. The first-order valence-electron chi connectivity index (χ1n) is 12.4. The Morgan fingerprint density at radius 2 is 2.05 bits per heavy atom. The summed E-state index contributed by atoms with van der Waals surface area (Å²) in [6, 6.07) is 7.71. The molecule has 1 atom stereocenters. The minimum absolute atomic E-state index is 0.184. The monoisotopic (exact) mass is 552 g/mol. The number of benzene rings is 1. The van der Waals surface area contributed by atoms with Gasteiger partial charge in [-0.25, -0.2) is 19.7 Å². The van der Waals surface area contributed by atoms with Crippen LogP contribution in [0, 0.1) is 5.92 Å². The molecule has 1 unspecified atom stereocenters. The van der Waals surface area contributed by atoms with Gasteiger partial charge in [0.05, 0.1) is 46.1 Å². The molecule has 198 valence electrons. The normalized spacial score (nSPS) is 16.0. The molecule has 5 rings (SSSR count). The number of anilines is 1. The number of imidazole rings is 1. The van der Waals surface area contributed by atoms with Crippen LogP contribution in [0.3, 0.4) is 0 Å². The van der Waals surface area contributed by atoms with E-state index >= 15 is 0 Å². The van der Waals surface area contributed by atoms with E-state index in [9.17, 15) is 9.59 Å². The molecule has 11 heteroatoms. The van der Waals surface area contributed by atoms with Gasteiger partial charge in [0.15, 0.2) is 0 Å². The number of amides is 2. The van der Waals surface area contributed by atoms with Crippen LogP contribution in [0.25, 0.3) is 22.2 Å². The van der Waals surface area contributed by atoms with Gasteiger partial charge in [0.2, 0.25) is 5.91 Å². The van der Waals surface area contributed by atoms with Crippen molar-refractivity contribution in [2.24, 2.45) is 5.92 Å². The maximum absolute atomic E-state index is 13.1. The molecule has 1 N–H and O–H groups in total. The Bertz CT molecular complexity index is 1460. The van der Waals surface area contributed by atoms with Crippen LogP contribution in [0.5, 0.6) is 0 Å². The van der Waals surface area contributed by atoms with Crippen molar-refractivity contribution < 1.29 is 14.3 Å². The Labute approximate surface area is 229 Å². The van der Waals surface area contributed by atoms with Crippen molar-refractivity contribution in [2.75, 3.05) is 18.4 Å². The average Bonchev–Trinajstić information content (AvgIpc) is 3.54. The summed E-state index contributed by atoms with van der Waals surface area (Å²) >= 11 is 8.10. The number of ether oxygens (including phenoxy) is 1. The summed E-state index contributed by atoms with van der Waals surface area (Å²) in [5.74, 6) is -0.135. The summed E-state index contributed by atoms with van der Waals surface area (Å²) < 4.78 is 7.53. The predicted molar refractivity (Wildman–Crippen MR) is 148 cm³/mol. The van der Waals surface area contributed by atoms with E-state index in [2.05, 4.69) is 20.3 Å². The number of nitrogens with one attached hydrogen (secondary N) is 1. The number of fused-ring (bicyclic) bond motifs is 1. The Morgan fingerprint density at radius 3 is 2.82 bits per heavy atom. The molecule has 0 bridgehead atoms. The fraction of sp³-hybridized carbons (Fsp3) is 0.370. The van der Waals surface area contributed by atoms with Crippen molar-refractivity contribution in [1.29, 1.82) is 0 Å². The fourth-order valence-electron chi connectivity index (χ4n) is 4.48. The van der Waals surface area contributed by atoms with Crippen LogP contribution in [-0.2, 0) is 16.1 Å². The molecule has 1 aromatic carbocycles. The quantitative estimate of drug-likeness (QED) is 0.333. The minimum atomic E-state index is -0.586. The zero-order valence-corrected chi connectivity index (χ0v) is 23.1. The van der Waals surface area contributed by atoms with Crippen LogP contribution in [0.4, 0.5) is 10.6 Å². The second-order valence-electron chi connectivity index (χ2n) is 10.4. The van der Waals surface area contributed by atoms with Crippen molar-refractivity contribution in [3.8, 4) is 11.1 Å². The molecule has 0 spiro atoms. The molecule has 38 heavy (non-hydrogen) atoms. The molecule has 0 saturated carbocycles. The third-order valence-corrected chi connectivity index (χ3v) is 7.23. The van der Waals surface area contributed by atoms with E-state index in [-0.39, 0.29) is 11.8 Å². The molecule has 1 aliphatic rings. The van der Waals surface area contributed by atoms with Crippen molar-refractivity contribution in [3.63, 3.8) is 0 Å². The third-order valence-electron chi connectivity index (χ3n) is 6.30. The van der Waals surface area contributed by atoms with Gasteiger partial charge in [-0.2, -0.15) is 0 Å². The summed E-state index contributed by atoms with van der Waals surface area (Å²) in [4.78, 5) is 40.4. The van der Waals surface area contributed by atoms with E-state index in [1.165, 1.54) is 6.20 Å². The highest BCUT2D eigenvalue weighted by atomic mass is 35.5. The lowest BCUT2D eigenvalue weighted by Gasteiger charge is -2.33. The number of aromatic nitrogens is 4. The lowest BCUT2D eigenvalue weighted by Crippen LogP contribution is -2.45. The van der Waals surface area contributed by atoms with Gasteiger partial charge in [-0.05, 0) is 57.4 Å². The molecular weight excluding hydrogens is 524 g/mol. The van der Waals surface area contributed by atoms with Gasteiger partial charge in [0, 0.05) is 30.2 Å².